The van der Waals surface area contributed by atoms with Crippen molar-refractivity contribution in [1.29, 1.82) is 0 Å². The smallest absolute Gasteiger partial charge is 0.255 e. The number of hydrogen-bond donors (Lipinski definition) is 2. The van der Waals surface area contributed by atoms with E-state index in [1.807, 2.05) is 0 Å². The normalized spacial score (nSPS) is 12.8. The second-order valence-corrected chi connectivity index (χ2v) is 6.33. The van der Waals surface area contributed by atoms with Crippen molar-refractivity contribution in [3.05, 3.63) is 22.7 Å². The van der Waals surface area contributed by atoms with Crippen LogP contribution in [0.3, 0.4) is 0 Å². The minimum atomic E-state index is -4.08. The van der Waals surface area contributed by atoms with Crippen LogP contribution in [0.1, 0.15) is 17.3 Å². The Morgan fingerprint density at radius 1 is 1.43 bits per heavy atom. The summed E-state index contributed by atoms with van der Waals surface area (Å²) in [6.45, 7) is 2.04. The number of primary sulfonamides is 1. The molecule has 0 aliphatic heterocycles. The molecule has 0 heterocycles. The van der Waals surface area contributed by atoms with Gasteiger partial charge in [-0.15, -0.1) is 0 Å². The summed E-state index contributed by atoms with van der Waals surface area (Å²) in [6, 6.07) is 2.17. The molecule has 0 saturated heterocycles. The molecule has 0 saturated carbocycles. The minimum Gasteiger partial charge on any atom is -0.494 e. The van der Waals surface area contributed by atoms with Crippen LogP contribution < -0.4 is 15.2 Å². The maximum Gasteiger partial charge on any atom is 0.255 e. The monoisotopic (exact) mass is 336 g/mol. The van der Waals surface area contributed by atoms with Crippen molar-refractivity contribution in [3.63, 3.8) is 0 Å². The Kier molecular flexibility index (Phi) is 5.97. The topological polar surface area (TPSA) is 108 Å². The highest BCUT2D eigenvalue weighted by Gasteiger charge is 2.24. The third-order valence-corrected chi connectivity index (χ3v) is 3.70. The van der Waals surface area contributed by atoms with Crippen LogP contribution in [0.4, 0.5) is 0 Å². The van der Waals surface area contributed by atoms with E-state index in [0.29, 0.717) is 6.61 Å². The van der Waals surface area contributed by atoms with E-state index < -0.39 is 15.9 Å². The molecule has 0 spiro atoms. The molecule has 0 radical (unpaired) electrons. The van der Waals surface area contributed by atoms with Gasteiger partial charge in [-0.1, -0.05) is 11.6 Å². The molecule has 1 unspecified atom stereocenters. The van der Waals surface area contributed by atoms with E-state index in [-0.39, 0.29) is 27.3 Å². The van der Waals surface area contributed by atoms with Gasteiger partial charge in [-0.05, 0) is 19.1 Å². The zero-order valence-electron chi connectivity index (χ0n) is 11.8. The Hall–Kier alpha value is -1.35. The molecule has 1 aromatic rings. The van der Waals surface area contributed by atoms with Crippen molar-refractivity contribution < 1.29 is 22.7 Å². The van der Waals surface area contributed by atoms with Gasteiger partial charge in [-0.2, -0.15) is 0 Å². The summed E-state index contributed by atoms with van der Waals surface area (Å²) in [4.78, 5) is 11.9. The molecule has 1 atom stereocenters. The second kappa shape index (κ2) is 7.08. The molecular weight excluding hydrogens is 320 g/mol. The third-order valence-electron chi connectivity index (χ3n) is 2.57. The van der Waals surface area contributed by atoms with E-state index in [2.05, 4.69) is 5.32 Å². The van der Waals surface area contributed by atoms with E-state index in [0.717, 1.165) is 6.07 Å². The first-order chi connectivity index (χ1) is 9.70. The molecule has 0 aromatic heterocycles. The van der Waals surface area contributed by atoms with Crippen LogP contribution in [0.2, 0.25) is 5.02 Å². The van der Waals surface area contributed by atoms with E-state index in [4.69, 9.17) is 26.2 Å². The second-order valence-electron chi connectivity index (χ2n) is 4.36. The molecular formula is C12H17ClN2O5S. The van der Waals surface area contributed by atoms with Crippen molar-refractivity contribution in [2.45, 2.75) is 17.9 Å². The molecule has 3 N–H and O–H groups in total. The van der Waals surface area contributed by atoms with Crippen LogP contribution in [0.15, 0.2) is 17.0 Å². The van der Waals surface area contributed by atoms with Crippen LogP contribution in [0, 0.1) is 0 Å². The van der Waals surface area contributed by atoms with Gasteiger partial charge in [0.25, 0.3) is 5.91 Å². The summed E-state index contributed by atoms with van der Waals surface area (Å²) in [6.07, 6.45) is 0. The lowest BCUT2D eigenvalue weighted by atomic mass is 10.1. The SMILES string of the molecule is COCC(C)NC(=O)c1cc(Cl)cc(S(N)(=O)=O)c1OC. The summed E-state index contributed by atoms with van der Waals surface area (Å²) in [5, 5.41) is 7.80. The number of amides is 1. The average Bonchev–Trinajstić information content (AvgIpc) is 2.36. The number of ether oxygens (including phenoxy) is 2. The van der Waals surface area contributed by atoms with Crippen molar-refractivity contribution in [2.75, 3.05) is 20.8 Å². The summed E-state index contributed by atoms with van der Waals surface area (Å²) in [7, 11) is -1.33. The molecule has 1 rings (SSSR count). The lowest BCUT2D eigenvalue weighted by Gasteiger charge is -2.16. The van der Waals surface area contributed by atoms with Crippen LogP contribution in [0.25, 0.3) is 0 Å². The Balaban J connectivity index is 3.30. The number of rotatable bonds is 6. The van der Waals surface area contributed by atoms with E-state index in [1.54, 1.807) is 6.92 Å². The van der Waals surface area contributed by atoms with Gasteiger partial charge in [0, 0.05) is 18.2 Å². The number of carbonyl (C=O) groups is 1. The minimum absolute atomic E-state index is 0.0167. The standard InChI is InChI=1S/C12H17ClN2O5S/c1-7(6-19-2)15-12(16)9-4-8(13)5-10(11(9)20-3)21(14,17)18/h4-5,7H,6H2,1-3H3,(H,15,16)(H2,14,17,18). The van der Waals surface area contributed by atoms with Crippen molar-refractivity contribution in [1.82, 2.24) is 5.32 Å². The first kappa shape index (κ1) is 17.7. The summed E-state index contributed by atoms with van der Waals surface area (Å²) < 4.78 is 33.0. The molecule has 0 fully saturated rings. The van der Waals surface area contributed by atoms with Gasteiger partial charge in [0.15, 0.2) is 5.75 Å². The van der Waals surface area contributed by atoms with Gasteiger partial charge in [-0.3, -0.25) is 4.79 Å². The maximum atomic E-state index is 12.2. The highest BCUT2D eigenvalue weighted by Crippen LogP contribution is 2.31. The van der Waals surface area contributed by atoms with Gasteiger partial charge in [0.2, 0.25) is 10.0 Å². The number of halogens is 1. The number of sulfonamides is 1. The quantitative estimate of drug-likeness (QED) is 0.797. The number of hydrogen-bond acceptors (Lipinski definition) is 5. The predicted octanol–water partition coefficient (Wildman–Crippen LogP) is 0.761. The van der Waals surface area contributed by atoms with Crippen molar-refractivity contribution >= 4 is 27.5 Å². The van der Waals surface area contributed by atoms with Crippen molar-refractivity contribution in [3.8, 4) is 5.75 Å². The highest BCUT2D eigenvalue weighted by atomic mass is 35.5. The van der Waals surface area contributed by atoms with Gasteiger partial charge >= 0.3 is 0 Å². The molecule has 21 heavy (non-hydrogen) atoms. The first-order valence-electron chi connectivity index (χ1n) is 5.90. The molecule has 1 amide bonds. The fourth-order valence-electron chi connectivity index (χ4n) is 1.75. The molecule has 0 aliphatic rings. The molecule has 0 bridgehead atoms. The lowest BCUT2D eigenvalue weighted by molar-refractivity contribution is 0.0902. The number of methoxy groups -OCH3 is 2. The van der Waals surface area contributed by atoms with Gasteiger partial charge in [-0.25, -0.2) is 13.6 Å². The number of benzene rings is 1. The molecule has 118 valence electrons. The molecule has 9 heteroatoms. The predicted molar refractivity (Wildman–Crippen MR) is 78.2 cm³/mol. The number of nitrogens with two attached hydrogens (primary N) is 1. The summed E-state index contributed by atoms with van der Waals surface area (Å²) in [5.74, 6) is -0.687. The van der Waals surface area contributed by atoms with Gasteiger partial charge < -0.3 is 14.8 Å². The number of carbonyl (C=O) groups excluding carboxylic acids is 1. The number of nitrogens with one attached hydrogen (secondary N) is 1. The zero-order valence-corrected chi connectivity index (χ0v) is 13.4. The van der Waals surface area contributed by atoms with E-state index in [9.17, 15) is 13.2 Å². The van der Waals surface area contributed by atoms with Crippen molar-refractivity contribution in [2.24, 2.45) is 5.14 Å². The van der Waals surface area contributed by atoms with E-state index in [1.165, 1.54) is 20.3 Å². The average molecular weight is 337 g/mol. The van der Waals surface area contributed by atoms with E-state index >= 15 is 0 Å². The summed E-state index contributed by atoms with van der Waals surface area (Å²) >= 11 is 5.85. The zero-order chi connectivity index (χ0) is 16.2. The van der Waals surface area contributed by atoms with Gasteiger partial charge in [0.1, 0.15) is 4.90 Å². The molecule has 1 aromatic carbocycles. The Morgan fingerprint density at radius 2 is 2.05 bits per heavy atom. The van der Waals surface area contributed by atoms with Gasteiger partial charge in [0.05, 0.1) is 19.3 Å². The third kappa shape index (κ3) is 4.57. The fourth-order valence-corrected chi connectivity index (χ4v) is 2.78. The first-order valence-corrected chi connectivity index (χ1v) is 7.83. The van der Waals surface area contributed by atoms with Crippen LogP contribution in [-0.2, 0) is 14.8 Å². The highest BCUT2D eigenvalue weighted by molar-refractivity contribution is 7.89. The lowest BCUT2D eigenvalue weighted by Crippen LogP contribution is -2.36. The van der Waals surface area contributed by atoms with Crippen LogP contribution in [0.5, 0.6) is 5.75 Å². The Morgan fingerprint density at radius 3 is 2.52 bits per heavy atom. The fraction of sp³-hybridized carbons (Fsp3) is 0.417. The Bertz CT molecular complexity index is 633. The van der Waals surface area contributed by atoms with Crippen LogP contribution >= 0.6 is 11.6 Å². The maximum absolute atomic E-state index is 12.2. The molecule has 7 nitrogen and oxygen atoms in total. The summed E-state index contributed by atoms with van der Waals surface area (Å²) in [5.41, 5.74) is -0.0167. The van der Waals surface area contributed by atoms with Crippen LogP contribution in [-0.4, -0.2) is 41.2 Å². The Labute approximate surface area is 128 Å². The largest absolute Gasteiger partial charge is 0.494 e. The molecule has 0 aliphatic carbocycles.